The Labute approximate surface area is 116 Å². The van der Waals surface area contributed by atoms with Crippen LogP contribution in [0.5, 0.6) is 0 Å². The fourth-order valence-corrected chi connectivity index (χ4v) is 2.27. The zero-order chi connectivity index (χ0) is 13.2. The number of hydrazone groups is 1. The van der Waals surface area contributed by atoms with E-state index < -0.39 is 5.41 Å². The highest BCUT2D eigenvalue weighted by molar-refractivity contribution is 9.10. The van der Waals surface area contributed by atoms with Crippen LogP contribution in [0.2, 0.25) is 0 Å². The molecular weight excluding hydrogens is 292 g/mol. The van der Waals surface area contributed by atoms with Crippen LogP contribution in [0.15, 0.2) is 33.8 Å². The van der Waals surface area contributed by atoms with E-state index in [1.165, 1.54) is 5.56 Å². The lowest BCUT2D eigenvalue weighted by molar-refractivity contribution is -0.125. The molecule has 3 nitrogen and oxygen atoms in total. The molecule has 0 saturated carbocycles. The van der Waals surface area contributed by atoms with Gasteiger partial charge in [-0.1, -0.05) is 28.1 Å². The van der Waals surface area contributed by atoms with Crippen molar-refractivity contribution < 1.29 is 4.79 Å². The first-order valence-electron chi connectivity index (χ1n) is 6.12. The molecule has 0 radical (unpaired) electrons. The minimum atomic E-state index is -0.445. The Bertz CT molecular complexity index is 477. The first-order chi connectivity index (χ1) is 8.50. The molecule has 0 saturated heterocycles. The summed E-state index contributed by atoms with van der Waals surface area (Å²) in [6.45, 7) is 3.85. The second-order valence-corrected chi connectivity index (χ2v) is 6.02. The van der Waals surface area contributed by atoms with E-state index in [0.29, 0.717) is 0 Å². The molecule has 1 heterocycles. The number of amides is 1. The first kappa shape index (κ1) is 13.3. The van der Waals surface area contributed by atoms with Gasteiger partial charge in [0.05, 0.1) is 11.1 Å². The lowest BCUT2D eigenvalue weighted by Gasteiger charge is -2.16. The molecule has 4 heteroatoms. The summed E-state index contributed by atoms with van der Waals surface area (Å²) in [7, 11) is 0. The van der Waals surface area contributed by atoms with Crippen LogP contribution in [0.3, 0.4) is 0 Å². The van der Waals surface area contributed by atoms with Gasteiger partial charge in [-0.15, -0.1) is 0 Å². The lowest BCUT2D eigenvalue weighted by Crippen LogP contribution is -2.32. The third kappa shape index (κ3) is 2.80. The van der Waals surface area contributed by atoms with E-state index in [0.717, 1.165) is 29.4 Å². The highest BCUT2D eigenvalue weighted by Crippen LogP contribution is 2.25. The van der Waals surface area contributed by atoms with Gasteiger partial charge in [0.25, 0.3) is 5.91 Å². The van der Waals surface area contributed by atoms with Gasteiger partial charge in [0.15, 0.2) is 0 Å². The minimum Gasteiger partial charge on any atom is -0.272 e. The van der Waals surface area contributed by atoms with Crippen molar-refractivity contribution in [1.29, 1.82) is 0 Å². The Morgan fingerprint density at radius 1 is 1.22 bits per heavy atom. The molecule has 0 unspecified atom stereocenters. The number of aryl methyl sites for hydroxylation is 1. The Morgan fingerprint density at radius 2 is 1.89 bits per heavy atom. The highest BCUT2D eigenvalue weighted by Gasteiger charge is 2.37. The van der Waals surface area contributed by atoms with Gasteiger partial charge in [-0.25, -0.2) is 5.43 Å². The van der Waals surface area contributed by atoms with Crippen LogP contribution in [0.1, 0.15) is 32.3 Å². The standard InChI is InChI=1S/C14H17BrN2O/c1-14(2)12(16-17-13(14)18)5-3-4-10-6-8-11(15)9-7-10/h6-9H,3-5H2,1-2H3,(H,17,18). The third-order valence-electron chi connectivity index (χ3n) is 3.37. The van der Waals surface area contributed by atoms with Gasteiger partial charge < -0.3 is 0 Å². The second-order valence-electron chi connectivity index (χ2n) is 5.10. The van der Waals surface area contributed by atoms with E-state index in [-0.39, 0.29) is 5.91 Å². The summed E-state index contributed by atoms with van der Waals surface area (Å²) in [5.41, 5.74) is 4.39. The van der Waals surface area contributed by atoms with E-state index in [2.05, 4.69) is 50.7 Å². The summed E-state index contributed by atoms with van der Waals surface area (Å²) < 4.78 is 1.10. The summed E-state index contributed by atoms with van der Waals surface area (Å²) in [6.07, 6.45) is 2.89. The van der Waals surface area contributed by atoms with Crippen LogP contribution in [0.4, 0.5) is 0 Å². The SMILES string of the molecule is CC1(C)C(=O)NN=C1CCCc1ccc(Br)cc1. The zero-order valence-electron chi connectivity index (χ0n) is 10.7. The molecule has 96 valence electrons. The van der Waals surface area contributed by atoms with Crippen LogP contribution in [-0.2, 0) is 11.2 Å². The zero-order valence-corrected chi connectivity index (χ0v) is 12.3. The van der Waals surface area contributed by atoms with Gasteiger partial charge in [-0.2, -0.15) is 5.10 Å². The molecular formula is C14H17BrN2O. The van der Waals surface area contributed by atoms with Gasteiger partial charge in [0.2, 0.25) is 0 Å². The van der Waals surface area contributed by atoms with Crippen molar-refractivity contribution >= 4 is 27.5 Å². The molecule has 1 aliphatic heterocycles. The molecule has 18 heavy (non-hydrogen) atoms. The smallest absolute Gasteiger partial charge is 0.251 e. The van der Waals surface area contributed by atoms with E-state index in [1.54, 1.807) is 0 Å². The fraction of sp³-hybridized carbons (Fsp3) is 0.429. The van der Waals surface area contributed by atoms with Crippen molar-refractivity contribution in [2.75, 3.05) is 0 Å². The molecule has 0 atom stereocenters. The van der Waals surface area contributed by atoms with Gasteiger partial charge in [0, 0.05) is 4.47 Å². The Balaban J connectivity index is 1.86. The monoisotopic (exact) mass is 308 g/mol. The number of nitrogens with one attached hydrogen (secondary N) is 1. The van der Waals surface area contributed by atoms with Crippen molar-refractivity contribution in [2.45, 2.75) is 33.1 Å². The number of hydrogen-bond donors (Lipinski definition) is 1. The number of carbonyl (C=O) groups is 1. The Kier molecular flexibility index (Phi) is 3.85. The lowest BCUT2D eigenvalue weighted by atomic mass is 9.85. The van der Waals surface area contributed by atoms with Gasteiger partial charge in [-0.05, 0) is 50.8 Å². The molecule has 0 spiro atoms. The van der Waals surface area contributed by atoms with Crippen LogP contribution < -0.4 is 5.43 Å². The van der Waals surface area contributed by atoms with Crippen LogP contribution in [-0.4, -0.2) is 11.6 Å². The average molecular weight is 309 g/mol. The molecule has 0 aliphatic carbocycles. The summed E-state index contributed by atoms with van der Waals surface area (Å²) in [4.78, 5) is 11.5. The van der Waals surface area contributed by atoms with E-state index in [4.69, 9.17) is 0 Å². The summed E-state index contributed by atoms with van der Waals surface area (Å²) in [5.74, 6) is 0.00106. The van der Waals surface area contributed by atoms with Crippen LogP contribution >= 0.6 is 15.9 Å². The summed E-state index contributed by atoms with van der Waals surface area (Å²) in [6, 6.07) is 8.35. The predicted octanol–water partition coefficient (Wildman–Crippen LogP) is 3.28. The van der Waals surface area contributed by atoms with Crippen molar-refractivity contribution in [1.82, 2.24) is 5.43 Å². The fourth-order valence-electron chi connectivity index (χ4n) is 2.01. The van der Waals surface area contributed by atoms with Crippen molar-refractivity contribution in [2.24, 2.45) is 10.5 Å². The number of halogens is 1. The molecule has 1 aliphatic rings. The molecule has 1 aromatic carbocycles. The summed E-state index contributed by atoms with van der Waals surface area (Å²) in [5, 5.41) is 4.12. The molecule has 1 N–H and O–H groups in total. The maximum Gasteiger partial charge on any atom is 0.251 e. The maximum atomic E-state index is 11.5. The largest absolute Gasteiger partial charge is 0.272 e. The second kappa shape index (κ2) is 5.22. The minimum absolute atomic E-state index is 0.00106. The maximum absolute atomic E-state index is 11.5. The molecule has 0 aromatic heterocycles. The van der Waals surface area contributed by atoms with E-state index in [9.17, 15) is 4.79 Å². The number of benzene rings is 1. The first-order valence-corrected chi connectivity index (χ1v) is 6.91. The normalized spacial score (nSPS) is 17.5. The third-order valence-corrected chi connectivity index (χ3v) is 3.90. The van der Waals surface area contributed by atoms with Crippen LogP contribution in [0.25, 0.3) is 0 Å². The molecule has 0 fully saturated rings. The van der Waals surface area contributed by atoms with Gasteiger partial charge >= 0.3 is 0 Å². The van der Waals surface area contributed by atoms with Crippen molar-refractivity contribution in [3.63, 3.8) is 0 Å². The number of rotatable bonds is 4. The molecule has 0 bridgehead atoms. The topological polar surface area (TPSA) is 41.5 Å². The van der Waals surface area contributed by atoms with Crippen LogP contribution in [0, 0.1) is 5.41 Å². The molecule has 1 amide bonds. The van der Waals surface area contributed by atoms with Gasteiger partial charge in [-0.3, -0.25) is 4.79 Å². The van der Waals surface area contributed by atoms with Crippen molar-refractivity contribution in [3.05, 3.63) is 34.3 Å². The quantitative estimate of drug-likeness (QED) is 0.911. The van der Waals surface area contributed by atoms with E-state index in [1.807, 2.05) is 13.8 Å². The number of hydrogen-bond acceptors (Lipinski definition) is 2. The van der Waals surface area contributed by atoms with Gasteiger partial charge in [0.1, 0.15) is 0 Å². The number of carbonyl (C=O) groups excluding carboxylic acids is 1. The van der Waals surface area contributed by atoms with E-state index >= 15 is 0 Å². The molecule has 1 aromatic rings. The predicted molar refractivity (Wildman–Crippen MR) is 76.4 cm³/mol. The Morgan fingerprint density at radius 3 is 2.44 bits per heavy atom. The number of nitrogens with zero attached hydrogens (tertiary/aromatic N) is 1. The Hall–Kier alpha value is -1.16. The van der Waals surface area contributed by atoms with Crippen molar-refractivity contribution in [3.8, 4) is 0 Å². The average Bonchev–Trinajstić information content (AvgIpc) is 2.58. The highest BCUT2D eigenvalue weighted by atomic mass is 79.9. The summed E-state index contributed by atoms with van der Waals surface area (Å²) >= 11 is 3.42. The molecule has 2 rings (SSSR count).